The number of aromatic nitrogens is 3. The third-order valence-corrected chi connectivity index (χ3v) is 12.4. The maximum absolute atomic E-state index is 5.24. The fourth-order valence-electron chi connectivity index (χ4n) is 7.25. The van der Waals surface area contributed by atoms with Gasteiger partial charge in [-0.2, -0.15) is 0 Å². The topological polar surface area (TPSA) is 38.7 Å². The molecule has 0 radical (unpaired) electrons. The molecule has 0 aliphatic rings. The van der Waals surface area contributed by atoms with Crippen LogP contribution in [-0.2, 0) is 0 Å². The third-order valence-electron chi connectivity index (χ3n) is 9.74. The smallest absolute Gasteiger partial charge is 0.0617 e. The van der Waals surface area contributed by atoms with Crippen LogP contribution in [0.3, 0.4) is 0 Å². The number of rotatable bonds is 5. The molecule has 10 aromatic rings. The van der Waals surface area contributed by atoms with E-state index in [0.717, 1.165) is 22.3 Å². The van der Waals surface area contributed by atoms with Crippen LogP contribution in [0.5, 0.6) is 0 Å². The molecule has 0 saturated heterocycles. The summed E-state index contributed by atoms with van der Waals surface area (Å²) in [4.78, 5) is 15.5. The van der Waals surface area contributed by atoms with Crippen molar-refractivity contribution in [3.8, 4) is 56.4 Å². The van der Waals surface area contributed by atoms with Gasteiger partial charge >= 0.3 is 284 Å². The van der Waals surface area contributed by atoms with E-state index in [2.05, 4.69) is 152 Å². The zero-order valence-corrected chi connectivity index (χ0v) is 29.2. The summed E-state index contributed by atoms with van der Waals surface area (Å²) < 4.78 is 2.82. The molecule has 8 aromatic carbocycles. The Hall–Kier alpha value is -6.19. The second-order valence-electron chi connectivity index (χ2n) is 12.8. The summed E-state index contributed by atoms with van der Waals surface area (Å²) in [5.41, 5.74) is 7.64. The molecule has 4 heteroatoms. The quantitative estimate of drug-likeness (QED) is 0.132. The third kappa shape index (κ3) is 5.16. The first-order chi connectivity index (χ1) is 25.3. The number of hydrogen-bond acceptors (Lipinski definition) is 3. The van der Waals surface area contributed by atoms with Crippen molar-refractivity contribution in [3.63, 3.8) is 0 Å². The molecule has 0 amide bonds. The van der Waals surface area contributed by atoms with Gasteiger partial charge in [0.1, 0.15) is 0 Å². The maximum atomic E-state index is 5.24. The van der Waals surface area contributed by atoms with Gasteiger partial charge in [0.05, 0.1) is 0 Å². The van der Waals surface area contributed by atoms with Gasteiger partial charge in [0.2, 0.25) is 0 Å². The summed E-state index contributed by atoms with van der Waals surface area (Å²) in [6.07, 6.45) is 0. The zero-order valence-electron chi connectivity index (χ0n) is 27.5. The van der Waals surface area contributed by atoms with E-state index in [9.17, 15) is 0 Å². The summed E-state index contributed by atoms with van der Waals surface area (Å²) in [7, 11) is 0. The molecule has 0 unspecified atom stereocenters. The standard InChI is InChI=1S/C47H29N3Se/c1-4-12-30(13-5-1)31-20-24-36(25-21-31)46-48-45(35-17-8-3-9-18-35)49-47(50-46)40-29-28-39-38-27-26-34-23-22-32-14-10-11-19-37(32)41(34)43(38)51-44(39)42(40)33-15-6-2-7-16-33/h1-29H. The van der Waals surface area contributed by atoms with Crippen molar-refractivity contribution in [1.29, 1.82) is 0 Å². The van der Waals surface area contributed by atoms with Crippen LogP contribution in [0.1, 0.15) is 0 Å². The first-order valence-electron chi connectivity index (χ1n) is 17.1. The molecule has 0 N–H and O–H groups in total. The average molecular weight is 715 g/mol. The number of fused-ring (bicyclic) bond motifs is 7. The first kappa shape index (κ1) is 29.7. The molecule has 2 heterocycles. The van der Waals surface area contributed by atoms with Crippen LogP contribution in [0, 0.1) is 0 Å². The zero-order chi connectivity index (χ0) is 33.7. The van der Waals surface area contributed by atoms with Crippen molar-refractivity contribution >= 4 is 55.3 Å². The van der Waals surface area contributed by atoms with Crippen LogP contribution >= 0.6 is 0 Å². The van der Waals surface area contributed by atoms with Crippen molar-refractivity contribution in [3.05, 3.63) is 176 Å². The predicted octanol–water partition coefficient (Wildman–Crippen LogP) is 11.9. The summed E-state index contributed by atoms with van der Waals surface area (Å²) in [5.74, 6) is 1.99. The Bertz CT molecular complexity index is 2880. The Labute approximate surface area is 301 Å². The molecule has 0 bridgehead atoms. The first-order valence-corrected chi connectivity index (χ1v) is 18.8. The average Bonchev–Trinajstić information content (AvgIpc) is 3.60. The summed E-state index contributed by atoms with van der Waals surface area (Å²) >= 11 is 0.0564. The fraction of sp³-hybridized carbons (Fsp3) is 0. The summed E-state index contributed by atoms with van der Waals surface area (Å²) in [5, 5.41) is 7.88. The van der Waals surface area contributed by atoms with Crippen LogP contribution < -0.4 is 0 Å². The van der Waals surface area contributed by atoms with Gasteiger partial charge in [0.25, 0.3) is 0 Å². The summed E-state index contributed by atoms with van der Waals surface area (Å²) in [6.45, 7) is 0. The van der Waals surface area contributed by atoms with Crippen molar-refractivity contribution in [2.24, 2.45) is 0 Å². The molecule has 2 aromatic heterocycles. The van der Waals surface area contributed by atoms with Gasteiger partial charge in [-0.05, 0) is 0 Å². The van der Waals surface area contributed by atoms with Crippen molar-refractivity contribution < 1.29 is 0 Å². The predicted molar refractivity (Wildman–Crippen MR) is 214 cm³/mol. The molecule has 0 saturated carbocycles. The summed E-state index contributed by atoms with van der Waals surface area (Å²) in [6, 6.07) is 62.4. The second kappa shape index (κ2) is 12.3. The SMILES string of the molecule is c1ccc(-c2ccc(-c3nc(-c4ccccc4)nc(-c4ccc5c([se]c6c5ccc5ccc7ccccc7c56)c4-c4ccccc4)n3)cc2)cc1. The molecule has 51 heavy (non-hydrogen) atoms. The van der Waals surface area contributed by atoms with Crippen molar-refractivity contribution in [1.82, 2.24) is 15.0 Å². The second-order valence-corrected chi connectivity index (χ2v) is 14.9. The molecule has 0 aliphatic heterocycles. The minimum Gasteiger partial charge on any atom is -0.0617 e. The Balaban J connectivity index is 1.23. The van der Waals surface area contributed by atoms with E-state index in [1.165, 1.54) is 57.5 Å². The van der Waals surface area contributed by atoms with Gasteiger partial charge in [-0.15, -0.1) is 0 Å². The Kier molecular flexibility index (Phi) is 7.16. The van der Waals surface area contributed by atoms with Crippen molar-refractivity contribution in [2.45, 2.75) is 0 Å². The number of hydrogen-bond donors (Lipinski definition) is 0. The van der Waals surface area contributed by atoms with Gasteiger partial charge < -0.3 is 0 Å². The number of nitrogens with zero attached hydrogens (tertiary/aromatic N) is 3. The van der Waals surface area contributed by atoms with E-state index >= 15 is 0 Å². The van der Waals surface area contributed by atoms with Crippen LogP contribution in [-0.4, -0.2) is 29.5 Å². The number of benzene rings is 8. The van der Waals surface area contributed by atoms with E-state index < -0.39 is 0 Å². The molecule has 0 fully saturated rings. The molecule has 0 spiro atoms. The molecular weight excluding hydrogens is 685 g/mol. The fourth-order valence-corrected chi connectivity index (χ4v) is 10.3. The molecule has 238 valence electrons. The van der Waals surface area contributed by atoms with Gasteiger partial charge in [0, 0.05) is 0 Å². The van der Waals surface area contributed by atoms with Crippen LogP contribution in [0.25, 0.3) is 97.3 Å². The van der Waals surface area contributed by atoms with E-state index in [-0.39, 0.29) is 14.5 Å². The van der Waals surface area contributed by atoms with Gasteiger partial charge in [-0.25, -0.2) is 0 Å². The van der Waals surface area contributed by atoms with Crippen molar-refractivity contribution in [2.75, 3.05) is 0 Å². The molecular formula is C47H29N3Se. The van der Waals surface area contributed by atoms with Gasteiger partial charge in [-0.1, -0.05) is 18.2 Å². The van der Waals surface area contributed by atoms with Gasteiger partial charge in [-0.3, -0.25) is 0 Å². The van der Waals surface area contributed by atoms with Crippen LogP contribution in [0.2, 0.25) is 0 Å². The van der Waals surface area contributed by atoms with E-state index in [0.29, 0.717) is 17.5 Å². The molecule has 3 nitrogen and oxygen atoms in total. The minimum atomic E-state index is 0.0564. The monoisotopic (exact) mass is 715 g/mol. The normalized spacial score (nSPS) is 11.5. The Morgan fingerprint density at radius 3 is 1.53 bits per heavy atom. The molecule has 0 atom stereocenters. The minimum absolute atomic E-state index is 0.0564. The van der Waals surface area contributed by atoms with E-state index in [4.69, 9.17) is 15.0 Å². The van der Waals surface area contributed by atoms with E-state index in [1.807, 2.05) is 24.3 Å². The molecule has 0 aliphatic carbocycles. The van der Waals surface area contributed by atoms with Gasteiger partial charge in [0.15, 0.2) is 0 Å². The Morgan fingerprint density at radius 1 is 0.314 bits per heavy atom. The Morgan fingerprint density at radius 2 is 0.804 bits per heavy atom. The van der Waals surface area contributed by atoms with Crippen LogP contribution in [0.4, 0.5) is 0 Å². The molecule has 10 rings (SSSR count). The van der Waals surface area contributed by atoms with Crippen LogP contribution in [0.15, 0.2) is 176 Å². The van der Waals surface area contributed by atoms with E-state index in [1.54, 1.807) is 0 Å².